The van der Waals surface area contributed by atoms with Crippen molar-refractivity contribution in [1.82, 2.24) is 10.2 Å². The molecule has 3 nitrogen and oxygen atoms in total. The van der Waals surface area contributed by atoms with Crippen molar-refractivity contribution in [3.8, 4) is 12.3 Å². The number of nitrogens with zero attached hydrogens (tertiary/aromatic N) is 1. The molecule has 0 aromatic heterocycles. The van der Waals surface area contributed by atoms with Gasteiger partial charge >= 0.3 is 0 Å². The first-order valence-electron chi connectivity index (χ1n) is 6.11. The van der Waals surface area contributed by atoms with E-state index in [1.54, 1.807) is 0 Å². The molecule has 0 unspecified atom stereocenters. The molecule has 0 saturated heterocycles. The van der Waals surface area contributed by atoms with Crippen molar-refractivity contribution in [2.75, 3.05) is 13.1 Å². The first kappa shape index (κ1) is 14.3. The molecule has 1 rings (SSSR count). The zero-order valence-corrected chi connectivity index (χ0v) is 11.0. The molecule has 0 aliphatic carbocycles. The van der Waals surface area contributed by atoms with E-state index in [0.717, 1.165) is 6.54 Å². The third-order valence-electron chi connectivity index (χ3n) is 2.69. The molecule has 1 aromatic rings. The van der Waals surface area contributed by atoms with Crippen molar-refractivity contribution < 1.29 is 4.79 Å². The summed E-state index contributed by atoms with van der Waals surface area (Å²) in [6.45, 7) is 5.58. The number of terminal acetylenes is 1. The molecule has 96 valence electrons. The molecule has 0 atom stereocenters. The van der Waals surface area contributed by atoms with E-state index in [0.29, 0.717) is 12.6 Å². The number of carbonyl (C=O) groups excluding carboxylic acids is 1. The number of hydrogen-bond acceptors (Lipinski definition) is 2. The Hall–Kier alpha value is -1.79. The molecule has 0 saturated carbocycles. The van der Waals surface area contributed by atoms with Gasteiger partial charge in [0.1, 0.15) is 0 Å². The Morgan fingerprint density at radius 1 is 1.39 bits per heavy atom. The Balaban J connectivity index is 2.56. The Morgan fingerprint density at radius 3 is 2.61 bits per heavy atom. The summed E-state index contributed by atoms with van der Waals surface area (Å²) in [6, 6.07) is 10.4. The third-order valence-corrected chi connectivity index (χ3v) is 2.69. The van der Waals surface area contributed by atoms with Crippen molar-refractivity contribution >= 4 is 5.91 Å². The van der Waals surface area contributed by atoms with Crippen molar-refractivity contribution in [3.05, 3.63) is 35.9 Å². The molecule has 1 amide bonds. The minimum Gasteiger partial charge on any atom is -0.344 e. The van der Waals surface area contributed by atoms with Crippen molar-refractivity contribution in [1.29, 1.82) is 0 Å². The predicted molar refractivity (Wildman–Crippen MR) is 73.8 cm³/mol. The molecule has 18 heavy (non-hydrogen) atoms. The topological polar surface area (TPSA) is 32.3 Å². The van der Waals surface area contributed by atoms with Gasteiger partial charge in [-0.15, -0.1) is 6.42 Å². The molecule has 0 aliphatic heterocycles. The van der Waals surface area contributed by atoms with E-state index >= 15 is 0 Å². The summed E-state index contributed by atoms with van der Waals surface area (Å²) in [5, 5.41) is 2.69. The molecule has 0 spiro atoms. The lowest BCUT2D eigenvalue weighted by Gasteiger charge is -2.25. The van der Waals surface area contributed by atoms with Crippen molar-refractivity contribution in [2.24, 2.45) is 0 Å². The molecule has 1 aromatic carbocycles. The van der Waals surface area contributed by atoms with Crippen LogP contribution < -0.4 is 5.32 Å². The van der Waals surface area contributed by atoms with E-state index in [4.69, 9.17) is 6.42 Å². The van der Waals surface area contributed by atoms with E-state index < -0.39 is 0 Å². The van der Waals surface area contributed by atoms with Crippen LogP contribution in [0.5, 0.6) is 0 Å². The molecular formula is C15H20N2O. The number of hydrogen-bond donors (Lipinski definition) is 1. The maximum absolute atomic E-state index is 11.7. The van der Waals surface area contributed by atoms with Crippen molar-refractivity contribution in [3.63, 3.8) is 0 Å². The summed E-state index contributed by atoms with van der Waals surface area (Å²) < 4.78 is 0. The summed E-state index contributed by atoms with van der Waals surface area (Å²) in [7, 11) is 0. The fourth-order valence-electron chi connectivity index (χ4n) is 1.63. The quantitative estimate of drug-likeness (QED) is 0.772. The molecule has 0 heterocycles. The Labute approximate surface area is 109 Å². The summed E-state index contributed by atoms with van der Waals surface area (Å²) in [6.07, 6.45) is 5.11. The van der Waals surface area contributed by atoms with Gasteiger partial charge in [-0.3, -0.25) is 9.69 Å². The summed E-state index contributed by atoms with van der Waals surface area (Å²) >= 11 is 0. The monoisotopic (exact) mass is 244 g/mol. The van der Waals surface area contributed by atoms with Crippen LogP contribution in [0, 0.1) is 12.3 Å². The van der Waals surface area contributed by atoms with Gasteiger partial charge in [-0.2, -0.15) is 0 Å². The van der Waals surface area contributed by atoms with Crippen LogP contribution in [0.25, 0.3) is 0 Å². The van der Waals surface area contributed by atoms with Gasteiger partial charge in [0.15, 0.2) is 0 Å². The second-order valence-corrected chi connectivity index (χ2v) is 4.47. The first-order chi connectivity index (χ1) is 8.63. The smallest absolute Gasteiger partial charge is 0.234 e. The lowest BCUT2D eigenvalue weighted by atomic mass is 10.2. The Kier molecular flexibility index (Phi) is 5.96. The van der Waals surface area contributed by atoms with E-state index in [-0.39, 0.29) is 12.5 Å². The highest BCUT2D eigenvalue weighted by Gasteiger charge is 2.13. The highest BCUT2D eigenvalue weighted by Crippen LogP contribution is 2.07. The summed E-state index contributed by atoms with van der Waals surface area (Å²) in [4.78, 5) is 13.8. The zero-order valence-electron chi connectivity index (χ0n) is 11.0. The molecular weight excluding hydrogens is 224 g/mol. The normalized spacial score (nSPS) is 10.4. The molecule has 0 aliphatic rings. The van der Waals surface area contributed by atoms with Gasteiger partial charge < -0.3 is 5.32 Å². The number of nitrogens with one attached hydrogen (secondary N) is 1. The van der Waals surface area contributed by atoms with Crippen LogP contribution in [-0.2, 0) is 11.3 Å². The van der Waals surface area contributed by atoms with Gasteiger partial charge in [0.25, 0.3) is 0 Å². The highest BCUT2D eigenvalue weighted by atomic mass is 16.2. The average molecular weight is 244 g/mol. The van der Waals surface area contributed by atoms with Gasteiger partial charge in [-0.25, -0.2) is 0 Å². The third kappa shape index (κ3) is 5.03. The van der Waals surface area contributed by atoms with E-state index in [1.165, 1.54) is 5.56 Å². The lowest BCUT2D eigenvalue weighted by Crippen LogP contribution is -2.40. The fraction of sp³-hybridized carbons (Fsp3) is 0.400. The second kappa shape index (κ2) is 7.52. The van der Waals surface area contributed by atoms with Crippen LogP contribution in [-0.4, -0.2) is 29.9 Å². The summed E-state index contributed by atoms with van der Waals surface area (Å²) in [5.41, 5.74) is 1.20. The second-order valence-electron chi connectivity index (χ2n) is 4.47. The first-order valence-corrected chi connectivity index (χ1v) is 6.11. The van der Waals surface area contributed by atoms with Crippen molar-refractivity contribution in [2.45, 2.75) is 26.4 Å². The number of rotatable bonds is 6. The summed E-state index contributed by atoms with van der Waals surface area (Å²) in [5.74, 6) is 2.37. The Bertz CT molecular complexity index is 406. The maximum Gasteiger partial charge on any atom is 0.234 e. The van der Waals surface area contributed by atoms with Crippen LogP contribution in [0.4, 0.5) is 0 Å². The average Bonchev–Trinajstić information content (AvgIpc) is 2.36. The predicted octanol–water partition coefficient (Wildman–Crippen LogP) is 1.65. The van der Waals surface area contributed by atoms with Crippen LogP contribution in [0.3, 0.4) is 0 Å². The largest absolute Gasteiger partial charge is 0.344 e. The van der Waals surface area contributed by atoms with Gasteiger partial charge in [0.2, 0.25) is 5.91 Å². The molecule has 1 N–H and O–H groups in total. The standard InChI is InChI=1S/C15H20N2O/c1-4-10-16-15(18)12-17(13(2)3)11-14-8-6-5-7-9-14/h1,5-9,13H,10-12H2,2-3H3,(H,16,18). The lowest BCUT2D eigenvalue weighted by molar-refractivity contribution is -0.122. The SMILES string of the molecule is C#CCNC(=O)CN(Cc1ccccc1)C(C)C. The van der Waals surface area contributed by atoms with Crippen LogP contribution >= 0.6 is 0 Å². The minimum atomic E-state index is -0.0300. The number of amides is 1. The van der Waals surface area contributed by atoms with Gasteiger partial charge in [0.05, 0.1) is 13.1 Å². The zero-order chi connectivity index (χ0) is 13.4. The molecule has 0 fully saturated rings. The fourth-order valence-corrected chi connectivity index (χ4v) is 1.63. The van der Waals surface area contributed by atoms with Crippen LogP contribution in [0.2, 0.25) is 0 Å². The maximum atomic E-state index is 11.7. The van der Waals surface area contributed by atoms with Crippen LogP contribution in [0.15, 0.2) is 30.3 Å². The highest BCUT2D eigenvalue weighted by molar-refractivity contribution is 5.78. The minimum absolute atomic E-state index is 0.0300. The van der Waals surface area contributed by atoms with E-state index in [9.17, 15) is 4.79 Å². The number of carbonyl (C=O) groups is 1. The van der Waals surface area contributed by atoms with Crippen LogP contribution in [0.1, 0.15) is 19.4 Å². The van der Waals surface area contributed by atoms with Gasteiger partial charge in [-0.1, -0.05) is 36.3 Å². The number of benzene rings is 1. The molecule has 0 radical (unpaired) electrons. The molecule has 0 bridgehead atoms. The van der Waals surface area contributed by atoms with Gasteiger partial charge in [0, 0.05) is 12.6 Å². The molecule has 3 heteroatoms. The van der Waals surface area contributed by atoms with E-state index in [1.807, 2.05) is 18.2 Å². The van der Waals surface area contributed by atoms with Gasteiger partial charge in [-0.05, 0) is 19.4 Å². The van der Waals surface area contributed by atoms with E-state index in [2.05, 4.69) is 42.1 Å². The Morgan fingerprint density at radius 2 is 2.06 bits per heavy atom.